The molecule has 0 amide bonds. The number of phenolic OH excluding ortho intramolecular Hbond substituents is 1. The van der Waals surface area contributed by atoms with E-state index in [0.717, 1.165) is 10.6 Å². The summed E-state index contributed by atoms with van der Waals surface area (Å²) < 4.78 is 5.98. The second-order valence-corrected chi connectivity index (χ2v) is 4.82. The van der Waals surface area contributed by atoms with Crippen LogP contribution in [0, 0.1) is 0 Å². The number of thioether (sulfide) groups is 1. The van der Waals surface area contributed by atoms with Crippen molar-refractivity contribution in [1.29, 1.82) is 0 Å². The summed E-state index contributed by atoms with van der Waals surface area (Å²) >= 11 is 1.53. The molecule has 2 aromatic rings. The first kappa shape index (κ1) is 13.4. The summed E-state index contributed by atoms with van der Waals surface area (Å²) in [7, 11) is 1.33. The zero-order chi connectivity index (χ0) is 13.7. The second kappa shape index (κ2) is 6.24. The van der Waals surface area contributed by atoms with Crippen molar-refractivity contribution in [3.05, 3.63) is 36.2 Å². The smallest absolute Gasteiger partial charge is 0.327 e. The number of carbonyl (C=O) groups is 1. The van der Waals surface area contributed by atoms with Crippen LogP contribution in [0.25, 0.3) is 0 Å². The van der Waals surface area contributed by atoms with Gasteiger partial charge in [-0.1, -0.05) is 11.3 Å². The number of aromatic hydroxyl groups is 1. The molecular weight excluding hydrogens is 266 g/mol. The van der Waals surface area contributed by atoms with E-state index in [2.05, 4.69) is 15.0 Å². The maximum absolute atomic E-state index is 11.1. The molecule has 1 N–H and O–H groups in total. The normalized spacial score (nSPS) is 10.4. The third kappa shape index (κ3) is 3.99. The average molecular weight is 279 g/mol. The SMILES string of the molecule is COC(=O)Cn1cc(CSc2cccc(O)c2)nn1. The highest BCUT2D eigenvalue weighted by atomic mass is 32.2. The molecule has 0 spiro atoms. The minimum Gasteiger partial charge on any atom is -0.508 e. The van der Waals surface area contributed by atoms with Crippen LogP contribution in [-0.4, -0.2) is 33.2 Å². The number of ether oxygens (including phenoxy) is 1. The van der Waals surface area contributed by atoms with Crippen LogP contribution in [0.5, 0.6) is 5.75 Å². The van der Waals surface area contributed by atoms with Gasteiger partial charge >= 0.3 is 5.97 Å². The van der Waals surface area contributed by atoms with Gasteiger partial charge in [0, 0.05) is 16.8 Å². The van der Waals surface area contributed by atoms with Crippen LogP contribution in [0.15, 0.2) is 35.4 Å². The first-order chi connectivity index (χ1) is 9.17. The van der Waals surface area contributed by atoms with Gasteiger partial charge in [0.2, 0.25) is 0 Å². The summed E-state index contributed by atoms with van der Waals surface area (Å²) in [6.45, 7) is 0.0558. The van der Waals surface area contributed by atoms with Gasteiger partial charge in [0.1, 0.15) is 12.3 Å². The minimum atomic E-state index is -0.364. The molecule has 6 nitrogen and oxygen atoms in total. The zero-order valence-corrected chi connectivity index (χ0v) is 11.1. The molecule has 1 heterocycles. The maximum atomic E-state index is 11.1. The number of hydrogen-bond acceptors (Lipinski definition) is 6. The van der Waals surface area contributed by atoms with Gasteiger partial charge in [-0.2, -0.15) is 0 Å². The number of rotatable bonds is 5. The van der Waals surface area contributed by atoms with Gasteiger partial charge in [-0.25, -0.2) is 4.68 Å². The Morgan fingerprint density at radius 3 is 3.11 bits per heavy atom. The Hall–Kier alpha value is -2.02. The van der Waals surface area contributed by atoms with E-state index >= 15 is 0 Å². The number of hydrogen-bond donors (Lipinski definition) is 1. The van der Waals surface area contributed by atoms with Crippen molar-refractivity contribution < 1.29 is 14.6 Å². The molecule has 7 heteroatoms. The molecule has 0 fully saturated rings. The van der Waals surface area contributed by atoms with Gasteiger partial charge in [0.25, 0.3) is 0 Å². The molecular formula is C12H13N3O3S. The van der Waals surface area contributed by atoms with Crippen LogP contribution in [-0.2, 0) is 21.8 Å². The maximum Gasteiger partial charge on any atom is 0.327 e. The number of phenols is 1. The lowest BCUT2D eigenvalue weighted by molar-refractivity contribution is -0.141. The fraction of sp³-hybridized carbons (Fsp3) is 0.250. The number of benzene rings is 1. The molecule has 1 aromatic heterocycles. The van der Waals surface area contributed by atoms with Gasteiger partial charge < -0.3 is 9.84 Å². The fourth-order valence-electron chi connectivity index (χ4n) is 1.41. The van der Waals surface area contributed by atoms with Crippen molar-refractivity contribution in [2.75, 3.05) is 7.11 Å². The molecule has 0 bridgehead atoms. The molecule has 0 aliphatic rings. The van der Waals surface area contributed by atoms with Crippen molar-refractivity contribution in [3.63, 3.8) is 0 Å². The van der Waals surface area contributed by atoms with Crippen LogP contribution in [0.3, 0.4) is 0 Å². The van der Waals surface area contributed by atoms with E-state index in [1.807, 2.05) is 6.07 Å². The highest BCUT2D eigenvalue weighted by Crippen LogP contribution is 2.24. The Bertz CT molecular complexity index is 571. The molecule has 0 aliphatic heterocycles. The number of aromatic nitrogens is 3. The molecule has 0 saturated carbocycles. The van der Waals surface area contributed by atoms with Crippen molar-refractivity contribution in [1.82, 2.24) is 15.0 Å². The average Bonchev–Trinajstić information content (AvgIpc) is 2.84. The summed E-state index contributed by atoms with van der Waals surface area (Å²) in [5.41, 5.74) is 0.761. The van der Waals surface area contributed by atoms with E-state index in [4.69, 9.17) is 0 Å². The molecule has 1 aromatic carbocycles. The number of methoxy groups -OCH3 is 1. The predicted octanol–water partition coefficient (Wildman–Crippen LogP) is 1.45. The highest BCUT2D eigenvalue weighted by Gasteiger charge is 2.06. The Morgan fingerprint density at radius 1 is 1.53 bits per heavy atom. The number of esters is 1. The van der Waals surface area contributed by atoms with Crippen molar-refractivity contribution in [3.8, 4) is 5.75 Å². The van der Waals surface area contributed by atoms with Gasteiger partial charge in [0.05, 0.1) is 12.8 Å². The third-order valence-electron chi connectivity index (χ3n) is 2.31. The Kier molecular flexibility index (Phi) is 4.40. The van der Waals surface area contributed by atoms with Gasteiger partial charge in [-0.05, 0) is 18.2 Å². The topological polar surface area (TPSA) is 77.2 Å². The minimum absolute atomic E-state index is 0.0558. The standard InChI is InChI=1S/C12H13N3O3S/c1-18-12(17)7-15-6-9(13-14-15)8-19-11-4-2-3-10(16)5-11/h2-6,16H,7-8H2,1H3. The first-order valence-corrected chi connectivity index (χ1v) is 6.53. The quantitative estimate of drug-likeness (QED) is 0.659. The van der Waals surface area contributed by atoms with E-state index < -0.39 is 0 Å². The lowest BCUT2D eigenvalue weighted by Crippen LogP contribution is -2.11. The Morgan fingerprint density at radius 2 is 2.37 bits per heavy atom. The van der Waals surface area contributed by atoms with Crippen LogP contribution < -0.4 is 0 Å². The van der Waals surface area contributed by atoms with Crippen LogP contribution in [0.4, 0.5) is 0 Å². The van der Waals surface area contributed by atoms with Gasteiger partial charge in [0.15, 0.2) is 0 Å². The van der Waals surface area contributed by atoms with Gasteiger partial charge in [-0.15, -0.1) is 16.9 Å². The lowest BCUT2D eigenvalue weighted by Gasteiger charge is -1.99. The largest absolute Gasteiger partial charge is 0.508 e. The Labute approximate surface area is 114 Å². The molecule has 0 atom stereocenters. The second-order valence-electron chi connectivity index (χ2n) is 3.77. The Balaban J connectivity index is 1.91. The predicted molar refractivity (Wildman–Crippen MR) is 69.7 cm³/mol. The fourth-order valence-corrected chi connectivity index (χ4v) is 2.24. The number of carbonyl (C=O) groups excluding carboxylic acids is 1. The summed E-state index contributed by atoms with van der Waals surface area (Å²) in [6, 6.07) is 7.00. The van der Waals surface area contributed by atoms with E-state index in [-0.39, 0.29) is 18.3 Å². The molecule has 0 radical (unpaired) electrons. The van der Waals surface area contributed by atoms with E-state index in [1.165, 1.54) is 23.6 Å². The van der Waals surface area contributed by atoms with Crippen LogP contribution >= 0.6 is 11.8 Å². The summed E-state index contributed by atoms with van der Waals surface area (Å²) in [6.07, 6.45) is 1.70. The van der Waals surface area contributed by atoms with Crippen LogP contribution in [0.2, 0.25) is 0 Å². The van der Waals surface area contributed by atoms with Crippen molar-refractivity contribution in [2.45, 2.75) is 17.2 Å². The molecule has 100 valence electrons. The molecule has 2 rings (SSSR count). The highest BCUT2D eigenvalue weighted by molar-refractivity contribution is 7.98. The summed E-state index contributed by atoms with van der Waals surface area (Å²) in [5, 5.41) is 17.1. The third-order valence-corrected chi connectivity index (χ3v) is 3.34. The zero-order valence-electron chi connectivity index (χ0n) is 10.3. The van der Waals surface area contributed by atoms with Gasteiger partial charge in [-0.3, -0.25) is 4.79 Å². The molecule has 0 saturated heterocycles. The molecule has 19 heavy (non-hydrogen) atoms. The van der Waals surface area contributed by atoms with E-state index in [1.54, 1.807) is 24.4 Å². The van der Waals surface area contributed by atoms with Crippen molar-refractivity contribution >= 4 is 17.7 Å². The molecule has 0 unspecified atom stereocenters. The van der Waals surface area contributed by atoms with Crippen LogP contribution in [0.1, 0.15) is 5.69 Å². The lowest BCUT2D eigenvalue weighted by atomic mass is 10.3. The monoisotopic (exact) mass is 279 g/mol. The number of nitrogens with zero attached hydrogens (tertiary/aromatic N) is 3. The van der Waals surface area contributed by atoms with Crippen molar-refractivity contribution in [2.24, 2.45) is 0 Å². The summed E-state index contributed by atoms with van der Waals surface area (Å²) in [4.78, 5) is 12.0. The van der Waals surface area contributed by atoms with E-state index in [0.29, 0.717) is 5.75 Å². The first-order valence-electron chi connectivity index (χ1n) is 5.55. The van der Waals surface area contributed by atoms with E-state index in [9.17, 15) is 9.90 Å². The molecule has 0 aliphatic carbocycles. The summed E-state index contributed by atoms with van der Waals surface area (Å²) in [5.74, 6) is 0.487.